The first-order chi connectivity index (χ1) is 10.1. The molecule has 1 fully saturated rings. The normalized spacial score (nSPS) is 16.2. The Kier molecular flexibility index (Phi) is 5.20. The van der Waals surface area contributed by atoms with Gasteiger partial charge in [0.2, 0.25) is 5.91 Å². The Morgan fingerprint density at radius 2 is 1.76 bits per heavy atom. The summed E-state index contributed by atoms with van der Waals surface area (Å²) < 4.78 is 5.06. The van der Waals surface area contributed by atoms with Crippen LogP contribution >= 0.6 is 0 Å². The van der Waals surface area contributed by atoms with Gasteiger partial charge in [-0.15, -0.1) is 0 Å². The first kappa shape index (κ1) is 15.4. The minimum atomic E-state index is -0.502. The second-order valence-electron chi connectivity index (χ2n) is 5.31. The summed E-state index contributed by atoms with van der Waals surface area (Å²) in [6, 6.07) is 6.33. The van der Waals surface area contributed by atoms with E-state index in [1.165, 1.54) is 6.42 Å². The van der Waals surface area contributed by atoms with Crippen molar-refractivity contribution in [1.29, 1.82) is 0 Å². The SMILES string of the molecule is COc1ccc(C(=O)NC(C)C(=O)N2CCCCC2)cc1. The van der Waals surface area contributed by atoms with Gasteiger partial charge >= 0.3 is 0 Å². The smallest absolute Gasteiger partial charge is 0.251 e. The molecule has 2 rings (SSSR count). The van der Waals surface area contributed by atoms with Crippen molar-refractivity contribution in [2.24, 2.45) is 0 Å². The number of likely N-dealkylation sites (tertiary alicyclic amines) is 1. The molecule has 5 nitrogen and oxygen atoms in total. The first-order valence-electron chi connectivity index (χ1n) is 7.35. The lowest BCUT2D eigenvalue weighted by Crippen LogP contribution is -2.48. The van der Waals surface area contributed by atoms with Crippen LogP contribution in [0.2, 0.25) is 0 Å². The molecule has 1 heterocycles. The highest BCUT2D eigenvalue weighted by Gasteiger charge is 2.23. The van der Waals surface area contributed by atoms with Crippen LogP contribution in [0.4, 0.5) is 0 Å². The number of nitrogens with one attached hydrogen (secondary N) is 1. The zero-order chi connectivity index (χ0) is 15.2. The molecule has 1 atom stereocenters. The topological polar surface area (TPSA) is 58.6 Å². The number of hydrogen-bond donors (Lipinski definition) is 1. The van der Waals surface area contributed by atoms with Gasteiger partial charge in [-0.05, 0) is 50.5 Å². The summed E-state index contributed by atoms with van der Waals surface area (Å²) in [5.41, 5.74) is 0.522. The number of ether oxygens (including phenoxy) is 1. The van der Waals surface area contributed by atoms with Gasteiger partial charge in [0.1, 0.15) is 11.8 Å². The van der Waals surface area contributed by atoms with Crippen molar-refractivity contribution in [2.75, 3.05) is 20.2 Å². The Labute approximate surface area is 125 Å². The molecule has 1 unspecified atom stereocenters. The van der Waals surface area contributed by atoms with E-state index in [1.807, 2.05) is 4.90 Å². The number of nitrogens with zero attached hydrogens (tertiary/aromatic N) is 1. The molecule has 0 aliphatic carbocycles. The fraction of sp³-hybridized carbons (Fsp3) is 0.500. The number of carbonyl (C=O) groups is 2. The van der Waals surface area contributed by atoms with Gasteiger partial charge in [-0.25, -0.2) is 0 Å². The van der Waals surface area contributed by atoms with Crippen LogP contribution in [-0.4, -0.2) is 43.0 Å². The lowest BCUT2D eigenvalue weighted by molar-refractivity contribution is -0.133. The molecule has 1 aromatic carbocycles. The monoisotopic (exact) mass is 290 g/mol. The highest BCUT2D eigenvalue weighted by atomic mass is 16.5. The molecule has 0 saturated carbocycles. The molecule has 0 aromatic heterocycles. The molecule has 0 spiro atoms. The van der Waals surface area contributed by atoms with E-state index >= 15 is 0 Å². The van der Waals surface area contributed by atoms with E-state index in [2.05, 4.69) is 5.32 Å². The molecule has 1 aromatic rings. The maximum absolute atomic E-state index is 12.3. The molecule has 1 aliphatic heterocycles. The van der Waals surface area contributed by atoms with Crippen molar-refractivity contribution < 1.29 is 14.3 Å². The fourth-order valence-electron chi connectivity index (χ4n) is 2.47. The molecule has 1 saturated heterocycles. The van der Waals surface area contributed by atoms with Crippen molar-refractivity contribution in [3.8, 4) is 5.75 Å². The predicted molar refractivity (Wildman–Crippen MR) is 80.4 cm³/mol. The molecule has 1 N–H and O–H groups in total. The van der Waals surface area contributed by atoms with Crippen LogP contribution in [0.1, 0.15) is 36.5 Å². The fourth-order valence-corrected chi connectivity index (χ4v) is 2.47. The van der Waals surface area contributed by atoms with Crippen molar-refractivity contribution in [3.63, 3.8) is 0 Å². The highest BCUT2D eigenvalue weighted by molar-refractivity contribution is 5.97. The molecule has 21 heavy (non-hydrogen) atoms. The summed E-state index contributed by atoms with van der Waals surface area (Å²) in [4.78, 5) is 26.2. The lowest BCUT2D eigenvalue weighted by Gasteiger charge is -2.29. The van der Waals surface area contributed by atoms with Gasteiger partial charge in [0.25, 0.3) is 5.91 Å². The van der Waals surface area contributed by atoms with Gasteiger partial charge in [-0.3, -0.25) is 9.59 Å². The van der Waals surface area contributed by atoms with Gasteiger partial charge in [-0.2, -0.15) is 0 Å². The first-order valence-corrected chi connectivity index (χ1v) is 7.35. The predicted octanol–water partition coefficient (Wildman–Crippen LogP) is 1.83. The Bertz CT molecular complexity index is 493. The number of hydrogen-bond acceptors (Lipinski definition) is 3. The molecule has 0 bridgehead atoms. The molecule has 5 heteroatoms. The van der Waals surface area contributed by atoms with Crippen molar-refractivity contribution in [1.82, 2.24) is 10.2 Å². The number of amides is 2. The molecule has 114 valence electrons. The van der Waals surface area contributed by atoms with Crippen LogP contribution in [0, 0.1) is 0 Å². The Balaban J connectivity index is 1.92. The quantitative estimate of drug-likeness (QED) is 0.920. The number of carbonyl (C=O) groups excluding carboxylic acids is 2. The molecular formula is C16H22N2O3. The zero-order valence-corrected chi connectivity index (χ0v) is 12.6. The number of methoxy groups -OCH3 is 1. The third kappa shape index (κ3) is 3.97. The van der Waals surface area contributed by atoms with Gasteiger partial charge in [0.05, 0.1) is 7.11 Å². The molecule has 0 radical (unpaired) electrons. The van der Waals surface area contributed by atoms with Gasteiger partial charge < -0.3 is 15.0 Å². The zero-order valence-electron chi connectivity index (χ0n) is 12.6. The van der Waals surface area contributed by atoms with E-state index in [0.717, 1.165) is 25.9 Å². The Morgan fingerprint density at radius 1 is 1.14 bits per heavy atom. The van der Waals surface area contributed by atoms with E-state index in [4.69, 9.17) is 4.74 Å². The third-order valence-corrected chi connectivity index (χ3v) is 3.74. The largest absolute Gasteiger partial charge is 0.497 e. The molecule has 2 amide bonds. The van der Waals surface area contributed by atoms with Gasteiger partial charge in [0, 0.05) is 18.7 Å². The van der Waals surface area contributed by atoms with E-state index in [-0.39, 0.29) is 11.8 Å². The number of benzene rings is 1. The minimum absolute atomic E-state index is 0.00318. The van der Waals surface area contributed by atoms with E-state index in [0.29, 0.717) is 11.3 Å². The Hall–Kier alpha value is -2.04. The highest BCUT2D eigenvalue weighted by Crippen LogP contribution is 2.12. The summed E-state index contributed by atoms with van der Waals surface area (Å²) in [5.74, 6) is 0.455. The maximum Gasteiger partial charge on any atom is 0.251 e. The number of piperidine rings is 1. The van der Waals surface area contributed by atoms with Crippen molar-refractivity contribution in [3.05, 3.63) is 29.8 Å². The van der Waals surface area contributed by atoms with Gasteiger partial charge in [-0.1, -0.05) is 0 Å². The minimum Gasteiger partial charge on any atom is -0.497 e. The maximum atomic E-state index is 12.3. The third-order valence-electron chi connectivity index (χ3n) is 3.74. The average molecular weight is 290 g/mol. The summed E-state index contributed by atoms with van der Waals surface area (Å²) >= 11 is 0. The van der Waals surface area contributed by atoms with Crippen molar-refractivity contribution >= 4 is 11.8 Å². The van der Waals surface area contributed by atoms with Crippen LogP contribution in [-0.2, 0) is 4.79 Å². The summed E-state index contributed by atoms with van der Waals surface area (Å²) in [5, 5.41) is 2.76. The average Bonchev–Trinajstić information content (AvgIpc) is 2.55. The van der Waals surface area contributed by atoms with Crippen LogP contribution < -0.4 is 10.1 Å². The summed E-state index contributed by atoms with van der Waals surface area (Å²) in [6.45, 7) is 3.32. The second-order valence-corrected chi connectivity index (χ2v) is 5.31. The van der Waals surface area contributed by atoms with Crippen LogP contribution in [0.15, 0.2) is 24.3 Å². The van der Waals surface area contributed by atoms with Crippen molar-refractivity contribution in [2.45, 2.75) is 32.2 Å². The summed E-state index contributed by atoms with van der Waals surface area (Å²) in [6.07, 6.45) is 3.27. The second kappa shape index (κ2) is 7.11. The lowest BCUT2D eigenvalue weighted by atomic mass is 10.1. The van der Waals surface area contributed by atoms with Crippen LogP contribution in [0.5, 0.6) is 5.75 Å². The number of rotatable bonds is 4. The van der Waals surface area contributed by atoms with E-state index in [1.54, 1.807) is 38.3 Å². The van der Waals surface area contributed by atoms with E-state index in [9.17, 15) is 9.59 Å². The standard InChI is InChI=1S/C16H22N2O3/c1-12(16(20)18-10-4-3-5-11-18)17-15(19)13-6-8-14(21-2)9-7-13/h6-9,12H,3-5,10-11H2,1-2H3,(H,17,19). The molecule has 1 aliphatic rings. The van der Waals surface area contributed by atoms with Gasteiger partial charge in [0.15, 0.2) is 0 Å². The molecular weight excluding hydrogens is 268 g/mol. The van der Waals surface area contributed by atoms with E-state index < -0.39 is 6.04 Å². The Morgan fingerprint density at radius 3 is 2.33 bits per heavy atom. The van der Waals surface area contributed by atoms with Crippen LogP contribution in [0.3, 0.4) is 0 Å². The van der Waals surface area contributed by atoms with Crippen LogP contribution in [0.25, 0.3) is 0 Å². The summed E-state index contributed by atoms with van der Waals surface area (Å²) in [7, 11) is 1.58.